The minimum absolute atomic E-state index is 0.0141. The zero-order valence-corrected chi connectivity index (χ0v) is 20.2. The van der Waals surface area contributed by atoms with Crippen LogP contribution >= 0.6 is 22.9 Å². The summed E-state index contributed by atoms with van der Waals surface area (Å²) in [7, 11) is 3.99. The van der Waals surface area contributed by atoms with E-state index in [-0.39, 0.29) is 17.9 Å². The number of benzene rings is 1. The van der Waals surface area contributed by atoms with Gasteiger partial charge in [0.05, 0.1) is 11.7 Å². The molecular formula is C24H29ClN4O2S. The summed E-state index contributed by atoms with van der Waals surface area (Å²) in [6.45, 7) is 2.25. The molecule has 3 aromatic rings. The fourth-order valence-electron chi connectivity index (χ4n) is 4.14. The SMILES string of the molecule is CN(C)CCN(Cc1ccc(Cl)cc1)C(=O)CCn1cnc2sc3c(c2c1=O)CCCC3. The predicted molar refractivity (Wildman–Crippen MR) is 131 cm³/mol. The smallest absolute Gasteiger partial charge is 0.262 e. The molecule has 0 radical (unpaired) electrons. The topological polar surface area (TPSA) is 58.4 Å². The lowest BCUT2D eigenvalue weighted by Crippen LogP contribution is -2.37. The third kappa shape index (κ3) is 5.22. The van der Waals surface area contributed by atoms with Gasteiger partial charge in [0, 0.05) is 42.5 Å². The van der Waals surface area contributed by atoms with Crippen molar-refractivity contribution in [3.8, 4) is 0 Å². The lowest BCUT2D eigenvalue weighted by Gasteiger charge is -2.25. The van der Waals surface area contributed by atoms with Crippen molar-refractivity contribution >= 4 is 39.1 Å². The van der Waals surface area contributed by atoms with Gasteiger partial charge in [-0.3, -0.25) is 14.2 Å². The number of likely N-dealkylation sites (N-methyl/N-ethyl adjacent to an activating group) is 1. The molecule has 2 aromatic heterocycles. The quantitative estimate of drug-likeness (QED) is 0.497. The van der Waals surface area contributed by atoms with Gasteiger partial charge in [0.2, 0.25) is 5.91 Å². The van der Waals surface area contributed by atoms with Crippen LogP contribution in [0, 0.1) is 0 Å². The van der Waals surface area contributed by atoms with Gasteiger partial charge >= 0.3 is 0 Å². The lowest BCUT2D eigenvalue weighted by molar-refractivity contribution is -0.132. The minimum Gasteiger partial charge on any atom is -0.337 e. The zero-order valence-electron chi connectivity index (χ0n) is 18.6. The highest BCUT2D eigenvalue weighted by Crippen LogP contribution is 2.33. The van der Waals surface area contributed by atoms with Crippen LogP contribution in [-0.4, -0.2) is 52.4 Å². The number of amides is 1. The number of carbonyl (C=O) groups excluding carboxylic acids is 1. The Morgan fingerprint density at radius 2 is 1.91 bits per heavy atom. The Bertz CT molecular complexity index is 1150. The number of rotatable bonds is 8. The Morgan fingerprint density at radius 1 is 1.16 bits per heavy atom. The van der Waals surface area contributed by atoms with Gasteiger partial charge in [-0.15, -0.1) is 11.3 Å². The van der Waals surface area contributed by atoms with E-state index in [1.807, 2.05) is 43.3 Å². The zero-order chi connectivity index (χ0) is 22.7. The molecule has 2 heterocycles. The van der Waals surface area contributed by atoms with Crippen LogP contribution in [0.1, 0.15) is 35.3 Å². The molecule has 0 saturated carbocycles. The average molecular weight is 473 g/mol. The van der Waals surface area contributed by atoms with Crippen molar-refractivity contribution in [2.45, 2.75) is 45.2 Å². The highest BCUT2D eigenvalue weighted by molar-refractivity contribution is 7.18. The Labute approximate surface area is 197 Å². The molecular weight excluding hydrogens is 444 g/mol. The highest BCUT2D eigenvalue weighted by atomic mass is 35.5. The summed E-state index contributed by atoms with van der Waals surface area (Å²) in [5.74, 6) is 0.0288. The van der Waals surface area contributed by atoms with Gasteiger partial charge in [0.25, 0.3) is 5.56 Å². The van der Waals surface area contributed by atoms with Gasteiger partial charge in [0.15, 0.2) is 0 Å². The van der Waals surface area contributed by atoms with E-state index in [4.69, 9.17) is 11.6 Å². The summed E-state index contributed by atoms with van der Waals surface area (Å²) in [4.78, 5) is 36.9. The maximum absolute atomic E-state index is 13.2. The molecule has 0 atom stereocenters. The number of nitrogens with zero attached hydrogens (tertiary/aromatic N) is 4. The molecule has 170 valence electrons. The average Bonchev–Trinajstić information content (AvgIpc) is 3.16. The van der Waals surface area contributed by atoms with E-state index >= 15 is 0 Å². The second-order valence-corrected chi connectivity index (χ2v) is 10.1. The Kier molecular flexibility index (Phi) is 7.28. The standard InChI is InChI=1S/C24H29ClN4O2S/c1-27(2)13-14-28(15-17-7-9-18(25)10-8-17)21(30)11-12-29-16-26-23-22(24(29)31)19-5-3-4-6-20(19)32-23/h7-10,16H,3-6,11-15H2,1-2H3. The first-order valence-corrected chi connectivity index (χ1v) is 12.3. The number of halogens is 1. The van der Waals surface area contributed by atoms with Crippen molar-refractivity contribution in [2.75, 3.05) is 27.2 Å². The normalized spacial score (nSPS) is 13.5. The molecule has 0 N–H and O–H groups in total. The number of hydrogen-bond acceptors (Lipinski definition) is 5. The molecule has 0 saturated heterocycles. The van der Waals surface area contributed by atoms with E-state index in [0.29, 0.717) is 24.7 Å². The summed E-state index contributed by atoms with van der Waals surface area (Å²) in [5, 5.41) is 1.45. The van der Waals surface area contributed by atoms with Crippen LogP contribution in [0.5, 0.6) is 0 Å². The molecule has 0 fully saturated rings. The van der Waals surface area contributed by atoms with Crippen molar-refractivity contribution in [1.82, 2.24) is 19.4 Å². The van der Waals surface area contributed by atoms with Crippen molar-refractivity contribution in [3.63, 3.8) is 0 Å². The minimum atomic E-state index is -0.0141. The second kappa shape index (κ2) is 10.1. The number of hydrogen-bond donors (Lipinski definition) is 0. The van der Waals surface area contributed by atoms with Gasteiger partial charge < -0.3 is 9.80 Å². The number of fused-ring (bicyclic) bond motifs is 3. The summed E-state index contributed by atoms with van der Waals surface area (Å²) in [6, 6.07) is 7.57. The van der Waals surface area contributed by atoms with Crippen LogP contribution in [0.2, 0.25) is 5.02 Å². The van der Waals surface area contributed by atoms with E-state index in [1.54, 1.807) is 22.2 Å². The molecule has 0 spiro atoms. The fraction of sp³-hybridized carbons (Fsp3) is 0.458. The molecule has 1 amide bonds. The van der Waals surface area contributed by atoms with E-state index in [9.17, 15) is 9.59 Å². The van der Waals surface area contributed by atoms with Crippen LogP contribution < -0.4 is 5.56 Å². The molecule has 0 aliphatic heterocycles. The summed E-state index contributed by atoms with van der Waals surface area (Å²) in [6.07, 6.45) is 6.16. The van der Waals surface area contributed by atoms with E-state index in [0.717, 1.165) is 41.6 Å². The van der Waals surface area contributed by atoms with E-state index < -0.39 is 0 Å². The maximum atomic E-state index is 13.2. The molecule has 1 aliphatic rings. The summed E-state index contributed by atoms with van der Waals surface area (Å²) in [5.41, 5.74) is 2.20. The predicted octanol–water partition coefficient (Wildman–Crippen LogP) is 3.97. The molecule has 0 unspecified atom stereocenters. The van der Waals surface area contributed by atoms with Crippen LogP contribution in [0.25, 0.3) is 10.2 Å². The molecule has 1 aliphatic carbocycles. The first kappa shape index (κ1) is 23.0. The van der Waals surface area contributed by atoms with Crippen molar-refractivity contribution < 1.29 is 4.79 Å². The van der Waals surface area contributed by atoms with Gasteiger partial charge in [0.1, 0.15) is 4.83 Å². The first-order valence-electron chi connectivity index (χ1n) is 11.1. The number of carbonyl (C=O) groups is 1. The van der Waals surface area contributed by atoms with Crippen molar-refractivity contribution in [3.05, 3.63) is 62.0 Å². The number of aryl methyl sites for hydroxylation is 3. The van der Waals surface area contributed by atoms with Crippen LogP contribution in [0.15, 0.2) is 35.4 Å². The van der Waals surface area contributed by atoms with Gasteiger partial charge in [-0.1, -0.05) is 23.7 Å². The molecule has 32 heavy (non-hydrogen) atoms. The summed E-state index contributed by atoms with van der Waals surface area (Å²) >= 11 is 7.65. The molecule has 6 nitrogen and oxygen atoms in total. The first-order chi connectivity index (χ1) is 15.4. The maximum Gasteiger partial charge on any atom is 0.262 e. The Balaban J connectivity index is 1.49. The lowest BCUT2D eigenvalue weighted by atomic mass is 9.97. The Hall–Kier alpha value is -2.22. The summed E-state index contributed by atoms with van der Waals surface area (Å²) < 4.78 is 1.61. The second-order valence-electron chi connectivity index (χ2n) is 8.63. The molecule has 8 heteroatoms. The number of aromatic nitrogens is 2. The third-order valence-electron chi connectivity index (χ3n) is 5.96. The highest BCUT2D eigenvalue weighted by Gasteiger charge is 2.21. The molecule has 4 rings (SSSR count). The largest absolute Gasteiger partial charge is 0.337 e. The molecule has 1 aromatic carbocycles. The number of thiophene rings is 1. The Morgan fingerprint density at radius 3 is 2.66 bits per heavy atom. The van der Waals surface area contributed by atoms with Crippen LogP contribution in [0.3, 0.4) is 0 Å². The van der Waals surface area contributed by atoms with Crippen molar-refractivity contribution in [1.29, 1.82) is 0 Å². The van der Waals surface area contributed by atoms with Gasteiger partial charge in [-0.25, -0.2) is 4.98 Å². The van der Waals surface area contributed by atoms with E-state index in [2.05, 4.69) is 9.88 Å². The monoisotopic (exact) mass is 472 g/mol. The van der Waals surface area contributed by atoms with Crippen molar-refractivity contribution in [2.24, 2.45) is 0 Å². The van der Waals surface area contributed by atoms with Crippen LogP contribution in [-0.2, 0) is 30.7 Å². The fourth-order valence-corrected chi connectivity index (χ4v) is 5.48. The van der Waals surface area contributed by atoms with E-state index in [1.165, 1.54) is 16.9 Å². The molecule has 0 bridgehead atoms. The van der Waals surface area contributed by atoms with Crippen LogP contribution in [0.4, 0.5) is 0 Å². The van der Waals surface area contributed by atoms with Gasteiger partial charge in [-0.05, 0) is 63.0 Å². The third-order valence-corrected chi connectivity index (χ3v) is 7.42. The van der Waals surface area contributed by atoms with Gasteiger partial charge in [-0.2, -0.15) is 0 Å².